The molecular weight excluding hydrogens is 236 g/mol. The molecule has 1 aromatic carbocycles. The van der Waals surface area contributed by atoms with Crippen LogP contribution < -0.4 is 5.32 Å². The quantitative estimate of drug-likeness (QED) is 0.908. The van der Waals surface area contributed by atoms with Crippen LogP contribution in [0, 0.1) is 18.6 Å². The highest BCUT2D eigenvalue weighted by Gasteiger charge is 2.07. The van der Waals surface area contributed by atoms with Gasteiger partial charge in [0.25, 0.3) is 0 Å². The van der Waals surface area contributed by atoms with Crippen molar-refractivity contribution in [1.82, 2.24) is 9.97 Å². The zero-order valence-electron chi connectivity index (χ0n) is 10.2. The standard InChI is InChI=1S/C13H13F2N3/c1-3-16-13-17-8(2)4-12(18-13)9-5-10(14)7-11(15)6-9/h4-7H,3H2,1-2H3,(H,16,17,18). The van der Waals surface area contributed by atoms with E-state index in [0.717, 1.165) is 11.8 Å². The molecule has 1 aromatic heterocycles. The Labute approximate surface area is 104 Å². The van der Waals surface area contributed by atoms with Crippen LogP contribution in [0.3, 0.4) is 0 Å². The normalized spacial score (nSPS) is 10.4. The Morgan fingerprint density at radius 2 is 1.72 bits per heavy atom. The molecule has 1 heterocycles. The molecule has 1 N–H and O–H groups in total. The van der Waals surface area contributed by atoms with E-state index in [2.05, 4.69) is 15.3 Å². The van der Waals surface area contributed by atoms with Crippen molar-refractivity contribution in [2.75, 3.05) is 11.9 Å². The van der Waals surface area contributed by atoms with Gasteiger partial charge in [0.15, 0.2) is 0 Å². The fourth-order valence-corrected chi connectivity index (χ4v) is 1.66. The fourth-order valence-electron chi connectivity index (χ4n) is 1.66. The lowest BCUT2D eigenvalue weighted by Gasteiger charge is -2.07. The van der Waals surface area contributed by atoms with Gasteiger partial charge in [-0.1, -0.05) is 0 Å². The number of hydrogen-bond acceptors (Lipinski definition) is 3. The van der Waals surface area contributed by atoms with Crippen LogP contribution in [-0.4, -0.2) is 16.5 Å². The van der Waals surface area contributed by atoms with Crippen molar-refractivity contribution in [1.29, 1.82) is 0 Å². The highest BCUT2D eigenvalue weighted by molar-refractivity contribution is 5.61. The van der Waals surface area contributed by atoms with Crippen molar-refractivity contribution >= 4 is 5.95 Å². The summed E-state index contributed by atoms with van der Waals surface area (Å²) in [5.74, 6) is -0.783. The van der Waals surface area contributed by atoms with E-state index in [1.54, 1.807) is 6.07 Å². The van der Waals surface area contributed by atoms with Gasteiger partial charge in [-0.3, -0.25) is 0 Å². The zero-order valence-corrected chi connectivity index (χ0v) is 10.2. The zero-order chi connectivity index (χ0) is 13.1. The maximum Gasteiger partial charge on any atom is 0.223 e. The van der Waals surface area contributed by atoms with E-state index >= 15 is 0 Å². The summed E-state index contributed by atoms with van der Waals surface area (Å²) in [6.45, 7) is 4.41. The Morgan fingerprint density at radius 3 is 2.33 bits per heavy atom. The van der Waals surface area contributed by atoms with Crippen LogP contribution in [0.1, 0.15) is 12.6 Å². The molecule has 0 unspecified atom stereocenters. The summed E-state index contributed by atoms with van der Waals surface area (Å²) in [6.07, 6.45) is 0. The van der Waals surface area contributed by atoms with Gasteiger partial charge < -0.3 is 5.32 Å². The van der Waals surface area contributed by atoms with Crippen molar-refractivity contribution < 1.29 is 8.78 Å². The third kappa shape index (κ3) is 2.80. The largest absolute Gasteiger partial charge is 0.354 e. The van der Waals surface area contributed by atoms with Crippen molar-refractivity contribution in [3.63, 3.8) is 0 Å². The first kappa shape index (κ1) is 12.4. The Morgan fingerprint density at radius 1 is 1.06 bits per heavy atom. The van der Waals surface area contributed by atoms with Crippen LogP contribution in [0.2, 0.25) is 0 Å². The molecule has 2 aromatic rings. The summed E-state index contributed by atoms with van der Waals surface area (Å²) in [4.78, 5) is 8.40. The molecular formula is C13H13F2N3. The fraction of sp³-hybridized carbons (Fsp3) is 0.231. The van der Waals surface area contributed by atoms with Crippen molar-refractivity contribution in [2.45, 2.75) is 13.8 Å². The van der Waals surface area contributed by atoms with Gasteiger partial charge in [0, 0.05) is 23.9 Å². The summed E-state index contributed by atoms with van der Waals surface area (Å²) in [5, 5.41) is 2.98. The number of hydrogen-bond donors (Lipinski definition) is 1. The molecule has 0 aliphatic carbocycles. The van der Waals surface area contributed by atoms with E-state index in [9.17, 15) is 8.78 Å². The molecule has 2 rings (SSSR count). The second-order valence-electron chi connectivity index (χ2n) is 3.91. The van der Waals surface area contributed by atoms with Crippen molar-refractivity contribution in [2.24, 2.45) is 0 Å². The van der Waals surface area contributed by atoms with Crippen molar-refractivity contribution in [3.05, 3.63) is 41.6 Å². The summed E-state index contributed by atoms with van der Waals surface area (Å²) in [5.41, 5.74) is 1.63. The number of anilines is 1. The molecule has 0 aliphatic heterocycles. The summed E-state index contributed by atoms with van der Waals surface area (Å²) in [6, 6.07) is 5.03. The van der Waals surface area contributed by atoms with Gasteiger partial charge in [-0.05, 0) is 32.0 Å². The Hall–Kier alpha value is -2.04. The minimum Gasteiger partial charge on any atom is -0.354 e. The van der Waals surface area contributed by atoms with E-state index in [1.807, 2.05) is 13.8 Å². The molecule has 3 nitrogen and oxygen atoms in total. The van der Waals surface area contributed by atoms with E-state index in [1.165, 1.54) is 12.1 Å². The summed E-state index contributed by atoms with van der Waals surface area (Å²) >= 11 is 0. The maximum absolute atomic E-state index is 13.2. The van der Waals surface area contributed by atoms with Crippen LogP contribution in [0.4, 0.5) is 14.7 Å². The monoisotopic (exact) mass is 249 g/mol. The maximum atomic E-state index is 13.2. The van der Waals surface area contributed by atoms with Crippen LogP contribution in [0.15, 0.2) is 24.3 Å². The molecule has 0 aliphatic rings. The average Bonchev–Trinajstić information content (AvgIpc) is 2.27. The molecule has 0 atom stereocenters. The Balaban J connectivity index is 2.49. The SMILES string of the molecule is CCNc1nc(C)cc(-c2cc(F)cc(F)c2)n1. The predicted molar refractivity (Wildman–Crippen MR) is 66.3 cm³/mol. The number of benzene rings is 1. The molecule has 0 fully saturated rings. The number of rotatable bonds is 3. The van der Waals surface area contributed by atoms with Gasteiger partial charge >= 0.3 is 0 Å². The molecule has 18 heavy (non-hydrogen) atoms. The smallest absolute Gasteiger partial charge is 0.223 e. The van der Waals surface area contributed by atoms with Gasteiger partial charge in [-0.25, -0.2) is 18.7 Å². The van der Waals surface area contributed by atoms with Crippen LogP contribution >= 0.6 is 0 Å². The number of nitrogens with zero attached hydrogens (tertiary/aromatic N) is 2. The van der Waals surface area contributed by atoms with E-state index < -0.39 is 11.6 Å². The number of halogens is 2. The highest BCUT2D eigenvalue weighted by Crippen LogP contribution is 2.21. The second kappa shape index (κ2) is 5.08. The molecule has 0 saturated heterocycles. The Bertz CT molecular complexity index is 550. The molecule has 94 valence electrons. The average molecular weight is 249 g/mol. The minimum absolute atomic E-state index is 0.400. The van der Waals surface area contributed by atoms with E-state index in [0.29, 0.717) is 23.8 Å². The van der Waals surface area contributed by atoms with Crippen LogP contribution in [0.5, 0.6) is 0 Å². The lowest BCUT2D eigenvalue weighted by atomic mass is 10.1. The lowest BCUT2D eigenvalue weighted by molar-refractivity contribution is 0.584. The van der Waals surface area contributed by atoms with E-state index in [4.69, 9.17) is 0 Å². The number of aryl methyl sites for hydroxylation is 1. The second-order valence-corrected chi connectivity index (χ2v) is 3.91. The number of nitrogens with one attached hydrogen (secondary N) is 1. The third-order valence-electron chi connectivity index (χ3n) is 2.35. The highest BCUT2D eigenvalue weighted by atomic mass is 19.1. The van der Waals surface area contributed by atoms with E-state index in [-0.39, 0.29) is 0 Å². The van der Waals surface area contributed by atoms with Gasteiger partial charge in [-0.2, -0.15) is 0 Å². The first-order valence-corrected chi connectivity index (χ1v) is 5.64. The van der Waals surface area contributed by atoms with Gasteiger partial charge in [0.05, 0.1) is 5.69 Å². The third-order valence-corrected chi connectivity index (χ3v) is 2.35. The summed E-state index contributed by atoms with van der Waals surface area (Å²) in [7, 11) is 0. The van der Waals surface area contributed by atoms with Crippen LogP contribution in [-0.2, 0) is 0 Å². The topological polar surface area (TPSA) is 37.8 Å². The molecule has 0 spiro atoms. The first-order chi connectivity index (χ1) is 8.58. The molecule has 0 radical (unpaired) electrons. The first-order valence-electron chi connectivity index (χ1n) is 5.64. The van der Waals surface area contributed by atoms with Gasteiger partial charge in [0.1, 0.15) is 11.6 Å². The molecule has 0 saturated carbocycles. The molecule has 0 bridgehead atoms. The summed E-state index contributed by atoms with van der Waals surface area (Å²) < 4.78 is 26.3. The van der Waals surface area contributed by atoms with Gasteiger partial charge in [0.2, 0.25) is 5.95 Å². The van der Waals surface area contributed by atoms with Gasteiger partial charge in [-0.15, -0.1) is 0 Å². The number of aromatic nitrogens is 2. The molecule has 5 heteroatoms. The Kier molecular flexibility index (Phi) is 3.50. The van der Waals surface area contributed by atoms with Crippen molar-refractivity contribution in [3.8, 4) is 11.3 Å². The predicted octanol–water partition coefficient (Wildman–Crippen LogP) is 3.16. The minimum atomic E-state index is -0.619. The van der Waals surface area contributed by atoms with Crippen LogP contribution in [0.25, 0.3) is 11.3 Å². The molecule has 0 amide bonds. The lowest BCUT2D eigenvalue weighted by Crippen LogP contribution is -2.04.